The predicted molar refractivity (Wildman–Crippen MR) is 162 cm³/mol. The second kappa shape index (κ2) is 13.1. The number of nitrogens with one attached hydrogen (secondary N) is 2. The molecule has 4 aromatic rings. The van der Waals surface area contributed by atoms with E-state index in [0.29, 0.717) is 30.7 Å². The van der Waals surface area contributed by atoms with E-state index in [1.165, 1.54) is 6.07 Å². The Morgan fingerprint density at radius 3 is 2.58 bits per heavy atom. The van der Waals surface area contributed by atoms with Crippen LogP contribution in [0.2, 0.25) is 0 Å². The summed E-state index contributed by atoms with van der Waals surface area (Å²) in [5.41, 5.74) is 2.15. The van der Waals surface area contributed by atoms with Crippen molar-refractivity contribution in [3.8, 4) is 11.8 Å². The van der Waals surface area contributed by atoms with E-state index in [1.807, 2.05) is 54.6 Å². The van der Waals surface area contributed by atoms with E-state index in [-0.39, 0.29) is 23.9 Å². The van der Waals surface area contributed by atoms with Crippen LogP contribution in [0.3, 0.4) is 0 Å². The van der Waals surface area contributed by atoms with E-state index < -0.39 is 27.9 Å². The zero-order chi connectivity index (χ0) is 30.4. The number of carbonyl (C=O) groups excluding carboxylic acids is 2. The van der Waals surface area contributed by atoms with E-state index in [1.54, 1.807) is 42.3 Å². The van der Waals surface area contributed by atoms with E-state index in [2.05, 4.69) is 16.1 Å². The number of methoxy groups -OCH3 is 1. The Morgan fingerprint density at radius 1 is 1.02 bits per heavy atom. The fourth-order valence-corrected chi connectivity index (χ4v) is 6.69. The number of likely N-dealkylation sites (tertiary alicyclic amines) is 1. The maximum atomic E-state index is 13.6. The molecular formula is C33H32N4O5S. The Bertz CT molecular complexity index is 1800. The van der Waals surface area contributed by atoms with Gasteiger partial charge in [0.2, 0.25) is 21.8 Å². The maximum absolute atomic E-state index is 13.6. The van der Waals surface area contributed by atoms with Gasteiger partial charge >= 0.3 is 0 Å². The highest BCUT2D eigenvalue weighted by Gasteiger charge is 2.42. The first kappa shape index (κ1) is 29.8. The second-order valence-corrected chi connectivity index (χ2v) is 12.1. The molecule has 2 amide bonds. The monoisotopic (exact) mass is 596 g/mol. The molecule has 1 heterocycles. The van der Waals surface area contributed by atoms with E-state index >= 15 is 0 Å². The zero-order valence-electron chi connectivity index (χ0n) is 23.7. The molecule has 1 aliphatic heterocycles. The predicted octanol–water partition coefficient (Wildman–Crippen LogP) is 3.77. The average molecular weight is 597 g/mol. The smallest absolute Gasteiger partial charge is 0.241 e. The van der Waals surface area contributed by atoms with Crippen molar-refractivity contribution in [1.82, 2.24) is 14.9 Å². The van der Waals surface area contributed by atoms with Crippen LogP contribution in [0.4, 0.5) is 0 Å². The third kappa shape index (κ3) is 6.85. The topological polar surface area (TPSA) is 129 Å². The molecule has 0 bridgehead atoms. The SMILES string of the molecule is COc1ccccc1CCNC(=O)C(NS(=O)(=O)c1ccc2ccccc2c1)[C@@H]1CCN(Cc2cccc(C#N)c2)C1=O. The van der Waals surface area contributed by atoms with Crippen LogP contribution in [0.25, 0.3) is 10.8 Å². The van der Waals surface area contributed by atoms with Gasteiger partial charge in [0.15, 0.2) is 0 Å². The van der Waals surface area contributed by atoms with Crippen LogP contribution in [-0.4, -0.2) is 51.4 Å². The van der Waals surface area contributed by atoms with Crippen LogP contribution < -0.4 is 14.8 Å². The van der Waals surface area contributed by atoms with Crippen LogP contribution in [0.15, 0.2) is 95.9 Å². The molecule has 5 rings (SSSR count). The quantitative estimate of drug-likeness (QED) is 0.271. The molecule has 1 fully saturated rings. The van der Waals surface area contributed by atoms with Crippen molar-refractivity contribution in [3.63, 3.8) is 0 Å². The first-order chi connectivity index (χ1) is 20.8. The van der Waals surface area contributed by atoms with Gasteiger partial charge < -0.3 is 15.0 Å². The van der Waals surface area contributed by atoms with Crippen molar-refractivity contribution in [2.75, 3.05) is 20.2 Å². The summed E-state index contributed by atoms with van der Waals surface area (Å²) in [7, 11) is -2.60. The number of ether oxygens (including phenoxy) is 1. The summed E-state index contributed by atoms with van der Waals surface area (Å²) in [5, 5.41) is 13.7. The van der Waals surface area contributed by atoms with E-state index in [4.69, 9.17) is 4.74 Å². The normalized spacial score (nSPS) is 15.7. The number of hydrogen-bond donors (Lipinski definition) is 2. The van der Waals surface area contributed by atoms with Crippen molar-refractivity contribution >= 4 is 32.6 Å². The van der Waals surface area contributed by atoms with Crippen LogP contribution in [0.5, 0.6) is 5.75 Å². The average Bonchev–Trinajstić information content (AvgIpc) is 3.38. The van der Waals surface area contributed by atoms with E-state index in [0.717, 1.165) is 21.9 Å². The van der Waals surface area contributed by atoms with Gasteiger partial charge in [-0.2, -0.15) is 9.98 Å². The highest BCUT2D eigenvalue weighted by molar-refractivity contribution is 7.89. The van der Waals surface area contributed by atoms with Crippen molar-refractivity contribution in [3.05, 3.63) is 108 Å². The molecule has 43 heavy (non-hydrogen) atoms. The number of hydrogen-bond acceptors (Lipinski definition) is 6. The summed E-state index contributed by atoms with van der Waals surface area (Å²) < 4.78 is 35.2. The number of sulfonamides is 1. The first-order valence-corrected chi connectivity index (χ1v) is 15.5. The maximum Gasteiger partial charge on any atom is 0.241 e. The molecule has 1 unspecified atom stereocenters. The molecular weight excluding hydrogens is 564 g/mol. The number of benzene rings is 4. The summed E-state index contributed by atoms with van der Waals surface area (Å²) in [5.74, 6) is -1.12. The Hall–Kier alpha value is -4.72. The Morgan fingerprint density at radius 2 is 1.79 bits per heavy atom. The molecule has 2 atom stereocenters. The molecule has 0 radical (unpaired) electrons. The van der Waals surface area contributed by atoms with Crippen LogP contribution in [0.1, 0.15) is 23.1 Å². The van der Waals surface area contributed by atoms with Crippen molar-refractivity contribution < 1.29 is 22.7 Å². The number of nitrogens with zero attached hydrogens (tertiary/aromatic N) is 2. The molecule has 220 valence electrons. The van der Waals surface area contributed by atoms with Crippen molar-refractivity contribution in [2.45, 2.75) is 30.3 Å². The van der Waals surface area contributed by atoms with Gasteiger partial charge in [-0.1, -0.05) is 60.7 Å². The minimum Gasteiger partial charge on any atom is -0.496 e. The fourth-order valence-electron chi connectivity index (χ4n) is 5.42. The number of para-hydroxylation sites is 1. The molecule has 0 aromatic heterocycles. The van der Waals surface area contributed by atoms with Crippen molar-refractivity contribution in [1.29, 1.82) is 5.26 Å². The molecule has 10 heteroatoms. The highest BCUT2D eigenvalue weighted by atomic mass is 32.2. The van der Waals surface area contributed by atoms with Crippen LogP contribution in [-0.2, 0) is 32.6 Å². The molecule has 4 aromatic carbocycles. The molecule has 0 aliphatic carbocycles. The zero-order valence-corrected chi connectivity index (χ0v) is 24.5. The van der Waals surface area contributed by atoms with Crippen LogP contribution >= 0.6 is 0 Å². The number of amides is 2. The second-order valence-electron chi connectivity index (χ2n) is 10.4. The number of carbonyl (C=O) groups is 2. The van der Waals surface area contributed by atoms with Crippen molar-refractivity contribution in [2.24, 2.45) is 5.92 Å². The highest BCUT2D eigenvalue weighted by Crippen LogP contribution is 2.26. The molecule has 2 N–H and O–H groups in total. The lowest BCUT2D eigenvalue weighted by Crippen LogP contribution is -2.53. The molecule has 9 nitrogen and oxygen atoms in total. The van der Waals surface area contributed by atoms with Gasteiger partial charge in [-0.05, 0) is 65.1 Å². The summed E-state index contributed by atoms with van der Waals surface area (Å²) in [6.45, 7) is 0.826. The first-order valence-electron chi connectivity index (χ1n) is 14.0. The Kier molecular flexibility index (Phi) is 9.04. The van der Waals surface area contributed by atoms with Gasteiger partial charge in [0.1, 0.15) is 11.8 Å². The van der Waals surface area contributed by atoms with Gasteiger partial charge in [-0.15, -0.1) is 0 Å². The molecule has 0 spiro atoms. The molecule has 1 aliphatic rings. The summed E-state index contributed by atoms with van der Waals surface area (Å²) in [4.78, 5) is 28.8. The third-order valence-electron chi connectivity index (χ3n) is 7.65. The van der Waals surface area contributed by atoms with Gasteiger partial charge in [0.05, 0.1) is 29.6 Å². The standard InChI is InChI=1S/C33H32N4O5S/c1-42-30-12-5-4-10-26(30)15-17-35-32(38)31(36-43(40,41)28-14-13-25-9-2-3-11-27(25)20-28)29-16-18-37(33(29)39)22-24-8-6-7-23(19-24)21-34/h2-14,19-20,29,31,36H,15-18,22H2,1H3,(H,35,38)/t29-,31?/m0/s1. The number of rotatable bonds is 11. The van der Waals surface area contributed by atoms with Gasteiger partial charge in [-0.25, -0.2) is 8.42 Å². The lowest BCUT2D eigenvalue weighted by atomic mass is 9.98. The molecule has 1 saturated heterocycles. The van der Waals surface area contributed by atoms with Crippen LogP contribution in [0, 0.1) is 17.2 Å². The molecule has 0 saturated carbocycles. The minimum absolute atomic E-state index is 0.00800. The number of nitriles is 1. The van der Waals surface area contributed by atoms with Gasteiger partial charge in [-0.3, -0.25) is 9.59 Å². The Balaban J connectivity index is 1.37. The van der Waals surface area contributed by atoms with Gasteiger partial charge in [0, 0.05) is 19.6 Å². The summed E-state index contributed by atoms with van der Waals surface area (Å²) in [6.07, 6.45) is 0.751. The summed E-state index contributed by atoms with van der Waals surface area (Å²) >= 11 is 0. The van der Waals surface area contributed by atoms with Gasteiger partial charge in [0.25, 0.3) is 0 Å². The summed E-state index contributed by atoms with van der Waals surface area (Å²) in [6, 6.07) is 27.3. The number of fused-ring (bicyclic) bond motifs is 1. The largest absolute Gasteiger partial charge is 0.496 e. The third-order valence-corrected chi connectivity index (χ3v) is 9.09. The fraction of sp³-hybridized carbons (Fsp3) is 0.242. The lowest BCUT2D eigenvalue weighted by molar-refractivity contribution is -0.135. The van der Waals surface area contributed by atoms with E-state index in [9.17, 15) is 23.3 Å². The minimum atomic E-state index is -4.17. The Labute approximate surface area is 251 Å². The lowest BCUT2D eigenvalue weighted by Gasteiger charge is -2.24.